The SMILES string of the molecule is CCCCCCCCCCCCCCCCCC1=[N+](CCCCCCCCCCCCCCCC)CC[NH+]1CCCCCCCCCCCCCCCC.[Cl-]. The number of hydrogen-bond donors (Lipinski definition) is 1. The van der Waals surface area contributed by atoms with Gasteiger partial charge >= 0.3 is 5.84 Å². The lowest BCUT2D eigenvalue weighted by atomic mass is 10.0. The van der Waals surface area contributed by atoms with Gasteiger partial charge in [0.1, 0.15) is 13.1 Å². The average Bonchev–Trinajstić information content (AvgIpc) is 3.57. The molecule has 1 rings (SSSR count). The number of nitrogens with one attached hydrogen (secondary N) is 1. The summed E-state index contributed by atoms with van der Waals surface area (Å²) in [5, 5.41) is 0. The zero-order valence-corrected chi connectivity index (χ0v) is 39.5. The standard InChI is InChI=1S/C52H105N2.ClH/c1-4-7-10-13-16-19-22-25-28-29-32-35-38-41-44-47-52-53(48-45-42-39-36-33-30-26-23-20-17-14-11-8-5-2)50-51-54(52)49-46-43-40-37-34-31-27-24-21-18-15-12-9-6-3;/h4-51H2,1-3H3;1H/q+1;. The molecular weight excluding hydrogens is 688 g/mol. The lowest BCUT2D eigenvalue weighted by Crippen LogP contribution is -3.13. The second-order valence-electron chi connectivity index (χ2n) is 18.4. The van der Waals surface area contributed by atoms with Crippen molar-refractivity contribution >= 4 is 5.84 Å². The maximum atomic E-state index is 2.88. The highest BCUT2D eigenvalue weighted by Gasteiger charge is 2.33. The van der Waals surface area contributed by atoms with Crippen LogP contribution in [0.15, 0.2) is 0 Å². The molecule has 1 N–H and O–H groups in total. The van der Waals surface area contributed by atoms with Crippen LogP contribution in [0.3, 0.4) is 0 Å². The van der Waals surface area contributed by atoms with Gasteiger partial charge in [0.15, 0.2) is 6.54 Å². The highest BCUT2D eigenvalue weighted by Crippen LogP contribution is 2.16. The summed E-state index contributed by atoms with van der Waals surface area (Å²) in [4.78, 5) is 1.88. The minimum atomic E-state index is 0. The van der Waals surface area contributed by atoms with Gasteiger partial charge in [0.25, 0.3) is 0 Å². The van der Waals surface area contributed by atoms with Gasteiger partial charge < -0.3 is 12.4 Å². The number of rotatable bonds is 46. The summed E-state index contributed by atoms with van der Waals surface area (Å²) in [5.41, 5.74) is 0. The Balaban J connectivity index is 0.0000292. The molecule has 1 aliphatic heterocycles. The van der Waals surface area contributed by atoms with E-state index in [9.17, 15) is 0 Å². The highest BCUT2D eigenvalue weighted by atomic mass is 35.5. The molecule has 0 saturated heterocycles. The Labute approximate surface area is 355 Å². The molecule has 0 aromatic rings. The van der Waals surface area contributed by atoms with Gasteiger partial charge in [0.2, 0.25) is 0 Å². The third-order valence-electron chi connectivity index (χ3n) is 13.1. The number of unbranched alkanes of at least 4 members (excludes halogenated alkanes) is 40. The van der Waals surface area contributed by atoms with Crippen molar-refractivity contribution < 1.29 is 21.9 Å². The zero-order valence-electron chi connectivity index (χ0n) is 38.8. The molecule has 0 radical (unpaired) electrons. The van der Waals surface area contributed by atoms with Crippen LogP contribution in [0, 0.1) is 0 Å². The molecule has 1 unspecified atom stereocenters. The van der Waals surface area contributed by atoms with E-state index in [0.717, 1.165) is 0 Å². The quantitative estimate of drug-likeness (QED) is 0.0464. The molecule has 0 aromatic heterocycles. The average molecular weight is 795 g/mol. The van der Waals surface area contributed by atoms with Crippen LogP contribution in [0.1, 0.15) is 303 Å². The maximum absolute atomic E-state index is 2.88. The molecule has 0 aliphatic carbocycles. The number of hydrogen-bond acceptors (Lipinski definition) is 0. The summed E-state index contributed by atoms with van der Waals surface area (Å²) in [6, 6.07) is 0. The molecule has 0 amide bonds. The molecule has 0 aromatic carbocycles. The summed E-state index contributed by atoms with van der Waals surface area (Å²) in [5.74, 6) is 1.83. The Morgan fingerprint density at radius 3 is 0.891 bits per heavy atom. The first-order valence-electron chi connectivity index (χ1n) is 26.3. The Morgan fingerprint density at radius 1 is 0.327 bits per heavy atom. The van der Waals surface area contributed by atoms with E-state index >= 15 is 0 Å². The summed E-state index contributed by atoms with van der Waals surface area (Å²) in [6.07, 6.45) is 64.3. The number of quaternary nitrogens is 1. The third-order valence-corrected chi connectivity index (χ3v) is 13.1. The molecule has 2 nitrogen and oxygen atoms in total. The van der Waals surface area contributed by atoms with E-state index < -0.39 is 0 Å². The molecule has 0 bridgehead atoms. The molecule has 1 aliphatic rings. The Kier molecular flexibility index (Phi) is 46.5. The molecule has 3 heteroatoms. The smallest absolute Gasteiger partial charge is 0.336 e. The normalized spacial score (nSPS) is 14.3. The van der Waals surface area contributed by atoms with Crippen molar-refractivity contribution in [1.29, 1.82) is 0 Å². The van der Waals surface area contributed by atoms with Crippen molar-refractivity contribution in [2.24, 2.45) is 0 Å². The molecule has 0 saturated carbocycles. The van der Waals surface area contributed by atoms with E-state index in [1.807, 2.05) is 10.7 Å². The summed E-state index contributed by atoms with van der Waals surface area (Å²) in [6.45, 7) is 12.4. The molecular formula is C52H106ClN2+. The van der Waals surface area contributed by atoms with Crippen LogP contribution in [-0.2, 0) is 0 Å². The fourth-order valence-electron chi connectivity index (χ4n) is 9.32. The van der Waals surface area contributed by atoms with Crippen molar-refractivity contribution in [2.45, 2.75) is 303 Å². The largest absolute Gasteiger partial charge is 1.00 e. The van der Waals surface area contributed by atoms with Crippen molar-refractivity contribution in [2.75, 3.05) is 26.2 Å². The summed E-state index contributed by atoms with van der Waals surface area (Å²) < 4.78 is 2.88. The van der Waals surface area contributed by atoms with E-state index in [0.29, 0.717) is 0 Å². The van der Waals surface area contributed by atoms with E-state index in [1.165, 1.54) is 309 Å². The van der Waals surface area contributed by atoms with Gasteiger partial charge in [-0.05, 0) is 25.7 Å². The number of nitrogens with zero attached hydrogens (tertiary/aromatic N) is 1. The predicted octanol–water partition coefficient (Wildman–Crippen LogP) is 13.5. The van der Waals surface area contributed by atoms with Gasteiger partial charge in [-0.2, -0.15) is 4.58 Å². The second kappa shape index (κ2) is 46.6. The lowest BCUT2D eigenvalue weighted by molar-refractivity contribution is -0.803. The topological polar surface area (TPSA) is 7.45 Å². The Hall–Kier alpha value is -0.0800. The molecule has 0 spiro atoms. The van der Waals surface area contributed by atoms with Crippen LogP contribution in [0.4, 0.5) is 0 Å². The summed E-state index contributed by atoms with van der Waals surface area (Å²) >= 11 is 0. The van der Waals surface area contributed by atoms with Crippen LogP contribution >= 0.6 is 0 Å². The first kappa shape index (κ1) is 54.9. The minimum Gasteiger partial charge on any atom is -1.00 e. The predicted molar refractivity (Wildman–Crippen MR) is 246 cm³/mol. The van der Waals surface area contributed by atoms with Gasteiger partial charge in [-0.15, -0.1) is 0 Å². The van der Waals surface area contributed by atoms with E-state index in [2.05, 4.69) is 25.3 Å². The Bertz CT molecular complexity index is 750. The number of amidine groups is 1. The van der Waals surface area contributed by atoms with Crippen LogP contribution in [0.25, 0.3) is 0 Å². The van der Waals surface area contributed by atoms with Crippen LogP contribution in [0.5, 0.6) is 0 Å². The van der Waals surface area contributed by atoms with Gasteiger partial charge in [0.05, 0.1) is 13.0 Å². The summed E-state index contributed by atoms with van der Waals surface area (Å²) in [7, 11) is 0. The Morgan fingerprint density at radius 2 is 0.582 bits per heavy atom. The molecule has 55 heavy (non-hydrogen) atoms. The molecule has 1 heterocycles. The fourth-order valence-corrected chi connectivity index (χ4v) is 9.32. The third kappa shape index (κ3) is 37.9. The minimum absolute atomic E-state index is 0. The highest BCUT2D eigenvalue weighted by molar-refractivity contribution is 5.68. The van der Waals surface area contributed by atoms with Gasteiger partial charge in [-0.3, -0.25) is 0 Å². The van der Waals surface area contributed by atoms with Crippen LogP contribution in [0.2, 0.25) is 0 Å². The van der Waals surface area contributed by atoms with Gasteiger partial charge in [-0.1, -0.05) is 265 Å². The van der Waals surface area contributed by atoms with Gasteiger partial charge in [0, 0.05) is 6.42 Å². The first-order valence-corrected chi connectivity index (χ1v) is 26.3. The number of halogens is 1. The van der Waals surface area contributed by atoms with E-state index in [4.69, 9.17) is 0 Å². The molecule has 0 fully saturated rings. The fraction of sp³-hybridized carbons (Fsp3) is 0.981. The monoisotopic (exact) mass is 794 g/mol. The van der Waals surface area contributed by atoms with Crippen molar-refractivity contribution in [1.82, 2.24) is 0 Å². The maximum Gasteiger partial charge on any atom is 0.336 e. The molecule has 1 atom stereocenters. The van der Waals surface area contributed by atoms with Crippen molar-refractivity contribution in [3.63, 3.8) is 0 Å². The second-order valence-corrected chi connectivity index (χ2v) is 18.4. The van der Waals surface area contributed by atoms with Crippen molar-refractivity contribution in [3.8, 4) is 0 Å². The first-order chi connectivity index (χ1) is 26.8. The molecule has 330 valence electrons. The van der Waals surface area contributed by atoms with Crippen molar-refractivity contribution in [3.05, 3.63) is 0 Å². The zero-order chi connectivity index (χ0) is 38.7. The van der Waals surface area contributed by atoms with E-state index in [-0.39, 0.29) is 12.4 Å². The van der Waals surface area contributed by atoms with Gasteiger partial charge in [-0.25, -0.2) is 4.90 Å². The van der Waals surface area contributed by atoms with Crippen LogP contribution < -0.4 is 17.3 Å². The lowest BCUT2D eigenvalue weighted by Gasteiger charge is -2.11. The van der Waals surface area contributed by atoms with E-state index in [1.54, 1.807) is 0 Å². The van der Waals surface area contributed by atoms with Crippen LogP contribution in [-0.4, -0.2) is 36.6 Å².